The maximum atomic E-state index is 8.58. The van der Waals surface area contributed by atoms with Gasteiger partial charge in [-0.15, -0.1) is 0 Å². The molecule has 0 atom stereocenters. The first-order chi connectivity index (χ1) is 2.00. The van der Waals surface area contributed by atoms with Crippen LogP contribution in [0.3, 0.4) is 0 Å². The first kappa shape index (κ1) is 9.73. The standard InChI is InChI=1S/Mn.Ni.4O/q;+2;;;2*-1. The number of hydrogen-bond donors (Lipinski definition) is 0. The minimum atomic E-state index is -5.62. The Balaban J connectivity index is 0. The van der Waals surface area contributed by atoms with Crippen molar-refractivity contribution in [1.29, 1.82) is 0 Å². The molecule has 0 bridgehead atoms. The second kappa shape index (κ2) is 2.66. The third kappa shape index (κ3) is 199. The first-order valence-corrected chi connectivity index (χ1v) is 2.54. The molecule has 4 nitrogen and oxygen atoms in total. The topological polar surface area (TPSA) is 80.3 Å². The summed E-state index contributed by atoms with van der Waals surface area (Å²) in [7, 11) is 0. The van der Waals surface area contributed by atoms with E-state index in [1.165, 1.54) is 0 Å². The van der Waals surface area contributed by atoms with E-state index in [9.17, 15) is 0 Å². The van der Waals surface area contributed by atoms with Crippen molar-refractivity contribution in [3.05, 3.63) is 0 Å². The van der Waals surface area contributed by atoms with Crippen molar-refractivity contribution < 1.29 is 45.9 Å². The molecule has 0 aliphatic heterocycles. The van der Waals surface area contributed by atoms with Gasteiger partial charge in [0.1, 0.15) is 0 Å². The molecule has 0 aromatic rings. The number of rotatable bonds is 0. The molecular weight excluding hydrogens is 178 g/mol. The Kier molecular flexibility index (Phi) is 4.32. The van der Waals surface area contributed by atoms with E-state index in [1.807, 2.05) is 0 Å². The summed E-state index contributed by atoms with van der Waals surface area (Å²) in [5, 5.41) is 0. The van der Waals surface area contributed by atoms with Crippen molar-refractivity contribution in [3.8, 4) is 0 Å². The molecule has 0 N–H and O–H groups in total. The van der Waals surface area contributed by atoms with E-state index < -0.39 is 13.4 Å². The SMILES string of the molecule is [Ni+2].[O]=[Mn](=[O])([O-])[O-]. The molecule has 41 valence electrons. The predicted molar refractivity (Wildman–Crippen MR) is 1.37 cm³/mol. The van der Waals surface area contributed by atoms with Crippen molar-refractivity contribution >= 4 is 0 Å². The fraction of sp³-hybridized carbons (Fsp3) is 0. The van der Waals surface area contributed by atoms with E-state index in [0.717, 1.165) is 0 Å². The Morgan fingerprint density at radius 1 is 1.17 bits per heavy atom. The van der Waals surface area contributed by atoms with E-state index in [0.29, 0.717) is 0 Å². The van der Waals surface area contributed by atoms with Crippen molar-refractivity contribution in [2.45, 2.75) is 0 Å². The monoisotopic (exact) mass is 177 g/mol. The molecule has 0 aliphatic rings. The molecule has 0 amide bonds. The van der Waals surface area contributed by atoms with Gasteiger partial charge < -0.3 is 0 Å². The molecule has 0 aromatic heterocycles. The third-order valence-corrected chi connectivity index (χ3v) is 0. The zero-order valence-electron chi connectivity index (χ0n) is 2.33. The fourth-order valence-electron chi connectivity index (χ4n) is 0. The van der Waals surface area contributed by atoms with Crippen LogP contribution in [0.2, 0.25) is 0 Å². The van der Waals surface area contributed by atoms with E-state index in [2.05, 4.69) is 0 Å². The van der Waals surface area contributed by atoms with Gasteiger partial charge in [-0.25, -0.2) is 0 Å². The fourth-order valence-corrected chi connectivity index (χ4v) is 0. The van der Waals surface area contributed by atoms with Gasteiger partial charge in [0.15, 0.2) is 0 Å². The van der Waals surface area contributed by atoms with E-state index in [-0.39, 0.29) is 16.5 Å². The molecule has 0 heterocycles. The van der Waals surface area contributed by atoms with Gasteiger partial charge in [-0.05, 0) is 0 Å². The zero-order valence-corrected chi connectivity index (χ0v) is 4.50. The van der Waals surface area contributed by atoms with Crippen LogP contribution in [0.1, 0.15) is 0 Å². The molecule has 6 heavy (non-hydrogen) atoms. The Hall–Kier alpha value is 0.533. The summed E-state index contributed by atoms with van der Waals surface area (Å²) in [4.78, 5) is 0. The van der Waals surface area contributed by atoms with Crippen molar-refractivity contribution in [2.75, 3.05) is 0 Å². The molecule has 0 saturated heterocycles. The van der Waals surface area contributed by atoms with Crippen LogP contribution in [-0.2, 0) is 37.5 Å². The first-order valence-electron chi connectivity index (χ1n) is 0.617. The van der Waals surface area contributed by atoms with Crippen LogP contribution >= 0.6 is 0 Å². The molecule has 0 aromatic carbocycles. The summed E-state index contributed by atoms with van der Waals surface area (Å²) in [6.07, 6.45) is 0. The molecule has 0 unspecified atom stereocenters. The van der Waals surface area contributed by atoms with Crippen LogP contribution in [0, 0.1) is 0 Å². The van der Waals surface area contributed by atoms with Gasteiger partial charge in [-0.2, -0.15) is 0 Å². The van der Waals surface area contributed by atoms with Gasteiger partial charge in [-0.3, -0.25) is 0 Å². The Morgan fingerprint density at radius 2 is 1.17 bits per heavy atom. The van der Waals surface area contributed by atoms with Gasteiger partial charge in [0.05, 0.1) is 0 Å². The van der Waals surface area contributed by atoms with Crippen LogP contribution < -0.4 is 8.38 Å². The van der Waals surface area contributed by atoms with E-state index in [4.69, 9.17) is 16.0 Å². The zero-order chi connectivity index (χ0) is 4.50. The Bertz CT molecular complexity index is 90.7. The van der Waals surface area contributed by atoms with Crippen molar-refractivity contribution in [2.24, 2.45) is 0 Å². The van der Waals surface area contributed by atoms with Gasteiger partial charge in [0.2, 0.25) is 0 Å². The van der Waals surface area contributed by atoms with Gasteiger partial charge in [-0.1, -0.05) is 0 Å². The molecule has 0 aliphatic carbocycles. The van der Waals surface area contributed by atoms with Crippen LogP contribution in [0.25, 0.3) is 0 Å². The van der Waals surface area contributed by atoms with Crippen molar-refractivity contribution in [1.82, 2.24) is 0 Å². The Labute approximate surface area is 46.4 Å². The quantitative estimate of drug-likeness (QED) is 0.380. The predicted octanol–water partition coefficient (Wildman–Crippen LogP) is -2.62. The van der Waals surface area contributed by atoms with Crippen LogP contribution in [0.4, 0.5) is 0 Å². The summed E-state index contributed by atoms with van der Waals surface area (Å²) in [6, 6.07) is 0. The van der Waals surface area contributed by atoms with Crippen LogP contribution in [0.5, 0.6) is 0 Å². The van der Waals surface area contributed by atoms with Crippen LogP contribution in [-0.4, -0.2) is 0 Å². The van der Waals surface area contributed by atoms with Gasteiger partial charge >= 0.3 is 45.9 Å². The van der Waals surface area contributed by atoms with Crippen LogP contribution in [0.15, 0.2) is 0 Å². The van der Waals surface area contributed by atoms with Gasteiger partial charge in [0.25, 0.3) is 0 Å². The second-order valence-corrected chi connectivity index (χ2v) is 1.56. The summed E-state index contributed by atoms with van der Waals surface area (Å²) in [5.41, 5.74) is 0. The molecule has 0 radical (unpaired) electrons. The van der Waals surface area contributed by atoms with Crippen molar-refractivity contribution in [3.63, 3.8) is 0 Å². The third-order valence-electron chi connectivity index (χ3n) is 0. The minimum absolute atomic E-state index is 0. The summed E-state index contributed by atoms with van der Waals surface area (Å²) in [5.74, 6) is 0. The summed E-state index contributed by atoms with van der Waals surface area (Å²) in [6.45, 7) is 0. The average molecular weight is 178 g/mol. The number of hydrogen-bond acceptors (Lipinski definition) is 4. The molecule has 0 saturated carbocycles. The molecule has 6 heteroatoms. The second-order valence-electron chi connectivity index (χ2n) is 0.378. The van der Waals surface area contributed by atoms with Gasteiger partial charge in [0, 0.05) is 0 Å². The Morgan fingerprint density at radius 3 is 1.17 bits per heavy atom. The van der Waals surface area contributed by atoms with E-state index in [1.54, 1.807) is 0 Å². The average Bonchev–Trinajstić information content (AvgIpc) is 0.722. The summed E-state index contributed by atoms with van der Waals surface area (Å²) < 4.78 is 34.3. The normalized spacial score (nSPS) is 9.67. The molecule has 0 spiro atoms. The van der Waals surface area contributed by atoms with E-state index >= 15 is 0 Å². The molecule has 0 rings (SSSR count). The molecular formula is MnNiO4. The maximum absolute atomic E-state index is 8.58. The molecule has 0 fully saturated rings. The summed E-state index contributed by atoms with van der Waals surface area (Å²) >= 11 is -5.62.